The van der Waals surface area contributed by atoms with E-state index in [1.807, 2.05) is 12.1 Å². The molecule has 0 unspecified atom stereocenters. The average molecular weight is 181 g/mol. The molecular weight excluding hydrogens is 170 g/mol. The summed E-state index contributed by atoms with van der Waals surface area (Å²) in [4.78, 5) is 13.2. The first kappa shape index (κ1) is 9.71. The molecule has 1 rings (SSSR count). The van der Waals surface area contributed by atoms with Gasteiger partial charge in [0.25, 0.3) is 0 Å². The van der Waals surface area contributed by atoms with E-state index >= 15 is 0 Å². The van der Waals surface area contributed by atoms with Crippen LogP contribution in [0.5, 0.6) is 0 Å². The molecule has 0 aliphatic carbocycles. The molecular formula is C9H11NO3. The second-order valence-corrected chi connectivity index (χ2v) is 2.52. The number of ether oxygens (including phenoxy) is 1. The third kappa shape index (κ3) is 3.23. The predicted molar refractivity (Wildman–Crippen MR) is 46.1 cm³/mol. The molecule has 1 aromatic heterocycles. The van der Waals surface area contributed by atoms with Crippen molar-refractivity contribution in [3.63, 3.8) is 0 Å². The standard InChI is InChI=1S/C9H11NO3/c1-12-6-9-3-2-8(13-9)4-5-10-7-11/h2-3H,4-6H2,1H3. The molecule has 0 bridgehead atoms. The third-order valence-electron chi connectivity index (χ3n) is 1.54. The summed E-state index contributed by atoms with van der Waals surface area (Å²) in [7, 11) is 1.61. The fourth-order valence-corrected chi connectivity index (χ4v) is 0.988. The summed E-state index contributed by atoms with van der Waals surface area (Å²) in [5.41, 5.74) is 0. The van der Waals surface area contributed by atoms with Crippen LogP contribution in [-0.4, -0.2) is 19.7 Å². The van der Waals surface area contributed by atoms with E-state index in [4.69, 9.17) is 9.15 Å². The molecule has 1 heterocycles. The zero-order valence-corrected chi connectivity index (χ0v) is 7.45. The van der Waals surface area contributed by atoms with Crippen molar-refractivity contribution >= 4 is 6.08 Å². The van der Waals surface area contributed by atoms with Gasteiger partial charge in [0.15, 0.2) is 0 Å². The number of methoxy groups -OCH3 is 1. The summed E-state index contributed by atoms with van der Waals surface area (Å²) in [5.74, 6) is 1.60. The maximum Gasteiger partial charge on any atom is 0.234 e. The third-order valence-corrected chi connectivity index (χ3v) is 1.54. The van der Waals surface area contributed by atoms with Gasteiger partial charge in [-0.05, 0) is 12.1 Å². The van der Waals surface area contributed by atoms with Crippen molar-refractivity contribution < 1.29 is 13.9 Å². The van der Waals surface area contributed by atoms with Crippen LogP contribution < -0.4 is 0 Å². The van der Waals surface area contributed by atoms with Crippen molar-refractivity contribution in [2.75, 3.05) is 13.7 Å². The fourth-order valence-electron chi connectivity index (χ4n) is 0.988. The number of rotatable bonds is 5. The quantitative estimate of drug-likeness (QED) is 0.508. The Hall–Kier alpha value is -1.38. The van der Waals surface area contributed by atoms with Crippen molar-refractivity contribution in [3.8, 4) is 0 Å². The molecule has 4 heteroatoms. The van der Waals surface area contributed by atoms with Crippen LogP contribution in [0.15, 0.2) is 21.5 Å². The normalized spacial score (nSPS) is 9.62. The number of aliphatic imine (C=N–C) groups is 1. The van der Waals surface area contributed by atoms with E-state index in [9.17, 15) is 4.79 Å². The summed E-state index contributed by atoms with van der Waals surface area (Å²) >= 11 is 0. The topological polar surface area (TPSA) is 51.8 Å². The van der Waals surface area contributed by atoms with E-state index in [0.717, 1.165) is 11.5 Å². The van der Waals surface area contributed by atoms with Gasteiger partial charge in [-0.2, -0.15) is 0 Å². The highest BCUT2D eigenvalue weighted by molar-refractivity contribution is 5.32. The molecule has 0 spiro atoms. The van der Waals surface area contributed by atoms with E-state index < -0.39 is 0 Å². The lowest BCUT2D eigenvalue weighted by Crippen LogP contribution is -1.86. The van der Waals surface area contributed by atoms with E-state index in [-0.39, 0.29) is 0 Å². The number of furan rings is 1. The first-order valence-corrected chi connectivity index (χ1v) is 3.97. The zero-order valence-electron chi connectivity index (χ0n) is 7.45. The Morgan fingerprint density at radius 2 is 2.31 bits per heavy atom. The van der Waals surface area contributed by atoms with Gasteiger partial charge < -0.3 is 9.15 Å². The highest BCUT2D eigenvalue weighted by Gasteiger charge is 2.00. The predicted octanol–water partition coefficient (Wildman–Crippen LogP) is 1.30. The van der Waals surface area contributed by atoms with Gasteiger partial charge in [-0.25, -0.2) is 9.79 Å². The van der Waals surface area contributed by atoms with Crippen LogP contribution in [0.3, 0.4) is 0 Å². The Balaban J connectivity index is 2.43. The van der Waals surface area contributed by atoms with E-state index in [0.29, 0.717) is 19.6 Å². The van der Waals surface area contributed by atoms with Crippen molar-refractivity contribution in [3.05, 3.63) is 23.7 Å². The highest BCUT2D eigenvalue weighted by atomic mass is 16.5. The molecule has 13 heavy (non-hydrogen) atoms. The van der Waals surface area contributed by atoms with E-state index in [1.54, 1.807) is 7.11 Å². The van der Waals surface area contributed by atoms with Gasteiger partial charge in [-0.3, -0.25) is 0 Å². The summed E-state index contributed by atoms with van der Waals surface area (Å²) < 4.78 is 10.2. The monoisotopic (exact) mass is 181 g/mol. The van der Waals surface area contributed by atoms with Crippen molar-refractivity contribution in [2.24, 2.45) is 4.99 Å². The molecule has 0 atom stereocenters. The van der Waals surface area contributed by atoms with Crippen LogP contribution in [0.2, 0.25) is 0 Å². The average Bonchev–Trinajstić information content (AvgIpc) is 2.54. The number of carbonyl (C=O) groups excluding carboxylic acids is 1. The van der Waals surface area contributed by atoms with Crippen LogP contribution in [0.1, 0.15) is 11.5 Å². The smallest absolute Gasteiger partial charge is 0.234 e. The van der Waals surface area contributed by atoms with Gasteiger partial charge in [0.1, 0.15) is 18.1 Å². The summed E-state index contributed by atoms with van der Waals surface area (Å²) in [5, 5.41) is 0. The van der Waals surface area contributed by atoms with Crippen LogP contribution >= 0.6 is 0 Å². The summed E-state index contributed by atoms with van der Waals surface area (Å²) in [6, 6.07) is 3.71. The van der Waals surface area contributed by atoms with Crippen LogP contribution in [0, 0.1) is 0 Å². The van der Waals surface area contributed by atoms with Gasteiger partial charge in [-0.1, -0.05) is 0 Å². The minimum absolute atomic E-state index is 0.420. The number of nitrogens with zero attached hydrogens (tertiary/aromatic N) is 1. The largest absolute Gasteiger partial charge is 0.464 e. The van der Waals surface area contributed by atoms with Gasteiger partial charge in [0, 0.05) is 13.5 Å². The van der Waals surface area contributed by atoms with Crippen molar-refractivity contribution in [1.29, 1.82) is 0 Å². The Morgan fingerprint density at radius 3 is 3.00 bits per heavy atom. The van der Waals surface area contributed by atoms with E-state index in [1.165, 1.54) is 6.08 Å². The molecule has 0 fully saturated rings. The molecule has 0 N–H and O–H groups in total. The lowest BCUT2D eigenvalue weighted by molar-refractivity contribution is 0.163. The van der Waals surface area contributed by atoms with Gasteiger partial charge in [-0.15, -0.1) is 0 Å². The Bertz CT molecular complexity index is 300. The van der Waals surface area contributed by atoms with Gasteiger partial charge in [0.2, 0.25) is 6.08 Å². The lowest BCUT2D eigenvalue weighted by Gasteiger charge is -1.93. The maximum atomic E-state index is 9.76. The molecule has 1 aromatic rings. The van der Waals surface area contributed by atoms with Crippen molar-refractivity contribution in [1.82, 2.24) is 0 Å². The van der Waals surface area contributed by atoms with Gasteiger partial charge >= 0.3 is 0 Å². The minimum atomic E-state index is 0.420. The molecule has 0 radical (unpaired) electrons. The van der Waals surface area contributed by atoms with Gasteiger partial charge in [0.05, 0.1) is 6.54 Å². The SMILES string of the molecule is COCc1ccc(CCN=C=O)o1. The van der Waals surface area contributed by atoms with E-state index in [2.05, 4.69) is 4.99 Å². The lowest BCUT2D eigenvalue weighted by atomic mass is 10.3. The molecule has 0 amide bonds. The molecule has 0 saturated carbocycles. The summed E-state index contributed by atoms with van der Waals surface area (Å²) in [6.07, 6.45) is 2.10. The molecule has 4 nitrogen and oxygen atoms in total. The van der Waals surface area contributed by atoms with Crippen LogP contribution in [-0.2, 0) is 22.6 Å². The molecule has 0 aliphatic heterocycles. The molecule has 0 aromatic carbocycles. The highest BCUT2D eigenvalue weighted by Crippen LogP contribution is 2.09. The van der Waals surface area contributed by atoms with Crippen LogP contribution in [0.4, 0.5) is 0 Å². The summed E-state index contributed by atoms with van der Waals surface area (Å²) in [6.45, 7) is 0.889. The molecule has 70 valence electrons. The van der Waals surface area contributed by atoms with Crippen molar-refractivity contribution in [2.45, 2.75) is 13.0 Å². The fraction of sp³-hybridized carbons (Fsp3) is 0.444. The number of hydrogen-bond acceptors (Lipinski definition) is 4. The minimum Gasteiger partial charge on any atom is -0.464 e. The Kier molecular flexibility index (Phi) is 3.96. The first-order valence-electron chi connectivity index (χ1n) is 3.97. The maximum absolute atomic E-state index is 9.76. The number of hydrogen-bond donors (Lipinski definition) is 0. The molecule has 0 aliphatic rings. The molecule has 0 saturated heterocycles. The first-order chi connectivity index (χ1) is 6.36. The van der Waals surface area contributed by atoms with Crippen LogP contribution in [0.25, 0.3) is 0 Å². The zero-order chi connectivity index (χ0) is 9.52. The number of isocyanates is 1. The second-order valence-electron chi connectivity index (χ2n) is 2.52. The Morgan fingerprint density at radius 1 is 1.54 bits per heavy atom. The second kappa shape index (κ2) is 5.30. The Labute approximate surface area is 76.2 Å².